The Hall–Kier alpha value is -1.22. The number of rotatable bonds is 3. The van der Waals surface area contributed by atoms with Crippen molar-refractivity contribution in [2.75, 3.05) is 14.2 Å². The summed E-state index contributed by atoms with van der Waals surface area (Å²) in [6.45, 7) is 0. The van der Waals surface area contributed by atoms with Gasteiger partial charge in [0, 0.05) is 17.6 Å². The van der Waals surface area contributed by atoms with Gasteiger partial charge >= 0.3 is 0 Å². The number of fused-ring (bicyclic) bond motifs is 2. The lowest BCUT2D eigenvalue weighted by atomic mass is 9.85. The van der Waals surface area contributed by atoms with Gasteiger partial charge in [-0.1, -0.05) is 6.07 Å². The zero-order chi connectivity index (χ0) is 12.5. The van der Waals surface area contributed by atoms with Crippen LogP contribution < -0.4 is 14.8 Å². The van der Waals surface area contributed by atoms with Crippen molar-refractivity contribution < 1.29 is 9.47 Å². The van der Waals surface area contributed by atoms with E-state index in [4.69, 9.17) is 9.47 Å². The lowest BCUT2D eigenvalue weighted by molar-refractivity contribution is 0.331. The minimum atomic E-state index is 0.565. The first-order valence-corrected chi connectivity index (χ1v) is 6.78. The summed E-state index contributed by atoms with van der Waals surface area (Å²) in [4.78, 5) is 0. The standard InChI is InChI=1S/C15H21NO2/c1-17-13-4-3-5-14(18-2)15(13)10-8-11-6-7-12(9-10)16-11/h3-5,10-12,16H,6-9H2,1-2H3. The average molecular weight is 247 g/mol. The van der Waals surface area contributed by atoms with E-state index in [1.54, 1.807) is 14.2 Å². The van der Waals surface area contributed by atoms with Crippen LogP contribution in [0, 0.1) is 0 Å². The number of nitrogens with one attached hydrogen (secondary N) is 1. The Balaban J connectivity index is 1.95. The molecule has 2 fully saturated rings. The molecule has 0 saturated carbocycles. The predicted molar refractivity (Wildman–Crippen MR) is 71.5 cm³/mol. The smallest absolute Gasteiger partial charge is 0.126 e. The number of ether oxygens (including phenoxy) is 2. The van der Waals surface area contributed by atoms with E-state index in [-0.39, 0.29) is 0 Å². The molecule has 0 aromatic heterocycles. The van der Waals surface area contributed by atoms with Crippen LogP contribution >= 0.6 is 0 Å². The molecule has 0 amide bonds. The van der Waals surface area contributed by atoms with E-state index >= 15 is 0 Å². The summed E-state index contributed by atoms with van der Waals surface area (Å²) in [5, 5.41) is 3.68. The van der Waals surface area contributed by atoms with Crippen LogP contribution in [-0.4, -0.2) is 26.3 Å². The highest BCUT2D eigenvalue weighted by Crippen LogP contribution is 2.44. The van der Waals surface area contributed by atoms with Gasteiger partial charge in [-0.05, 0) is 43.7 Å². The van der Waals surface area contributed by atoms with Crippen molar-refractivity contribution in [1.82, 2.24) is 5.32 Å². The Bertz CT molecular complexity index is 398. The maximum atomic E-state index is 5.53. The fraction of sp³-hybridized carbons (Fsp3) is 0.600. The molecule has 98 valence electrons. The van der Waals surface area contributed by atoms with Gasteiger partial charge in [-0.3, -0.25) is 0 Å². The molecule has 2 aliphatic rings. The summed E-state index contributed by atoms with van der Waals surface area (Å²) in [6.07, 6.45) is 5.04. The molecule has 1 aromatic carbocycles. The highest BCUT2D eigenvalue weighted by Gasteiger charge is 2.36. The summed E-state index contributed by atoms with van der Waals surface area (Å²) >= 11 is 0. The van der Waals surface area contributed by atoms with E-state index < -0.39 is 0 Å². The van der Waals surface area contributed by atoms with Gasteiger partial charge in [0.2, 0.25) is 0 Å². The van der Waals surface area contributed by atoms with Crippen molar-refractivity contribution in [3.05, 3.63) is 23.8 Å². The van der Waals surface area contributed by atoms with Crippen LogP contribution in [0.15, 0.2) is 18.2 Å². The summed E-state index contributed by atoms with van der Waals surface area (Å²) in [5.41, 5.74) is 1.26. The van der Waals surface area contributed by atoms with Gasteiger partial charge < -0.3 is 14.8 Å². The Morgan fingerprint density at radius 1 is 1.00 bits per heavy atom. The third-order valence-corrected chi connectivity index (χ3v) is 4.35. The molecule has 0 aliphatic carbocycles. The van der Waals surface area contributed by atoms with Crippen LogP contribution in [0.25, 0.3) is 0 Å². The van der Waals surface area contributed by atoms with Gasteiger partial charge in [0.05, 0.1) is 14.2 Å². The summed E-state index contributed by atoms with van der Waals surface area (Å²) in [6, 6.07) is 7.45. The van der Waals surface area contributed by atoms with E-state index in [0.717, 1.165) is 11.5 Å². The summed E-state index contributed by atoms with van der Waals surface area (Å²) in [7, 11) is 3.49. The van der Waals surface area contributed by atoms with Crippen molar-refractivity contribution in [1.29, 1.82) is 0 Å². The normalized spacial score (nSPS) is 30.2. The molecule has 2 unspecified atom stereocenters. The fourth-order valence-corrected chi connectivity index (χ4v) is 3.58. The number of piperidine rings is 1. The van der Waals surface area contributed by atoms with Gasteiger partial charge in [-0.25, -0.2) is 0 Å². The second-order valence-electron chi connectivity index (χ2n) is 5.38. The number of benzene rings is 1. The molecule has 2 aliphatic heterocycles. The Kier molecular flexibility index (Phi) is 3.16. The van der Waals surface area contributed by atoms with Crippen LogP contribution in [0.3, 0.4) is 0 Å². The first kappa shape index (κ1) is 11.8. The molecular weight excluding hydrogens is 226 g/mol. The minimum Gasteiger partial charge on any atom is -0.496 e. The predicted octanol–water partition coefficient (Wildman–Crippen LogP) is 2.70. The van der Waals surface area contributed by atoms with Crippen LogP contribution in [-0.2, 0) is 0 Å². The lowest BCUT2D eigenvalue weighted by Gasteiger charge is -2.31. The molecule has 1 aromatic rings. The van der Waals surface area contributed by atoms with Gasteiger partial charge in [0.1, 0.15) is 11.5 Å². The molecule has 2 bridgehead atoms. The Morgan fingerprint density at radius 3 is 2.06 bits per heavy atom. The largest absolute Gasteiger partial charge is 0.496 e. The monoisotopic (exact) mass is 247 g/mol. The maximum absolute atomic E-state index is 5.53. The third kappa shape index (κ3) is 1.97. The number of methoxy groups -OCH3 is 2. The van der Waals surface area contributed by atoms with E-state index in [9.17, 15) is 0 Å². The van der Waals surface area contributed by atoms with E-state index in [1.165, 1.54) is 31.2 Å². The molecule has 3 rings (SSSR count). The number of hydrogen-bond donors (Lipinski definition) is 1. The Labute approximate surface area is 108 Å². The highest BCUT2D eigenvalue weighted by atomic mass is 16.5. The van der Waals surface area contributed by atoms with E-state index in [1.807, 2.05) is 18.2 Å². The lowest BCUT2D eigenvalue weighted by Crippen LogP contribution is -2.37. The van der Waals surface area contributed by atoms with Crippen LogP contribution in [0.5, 0.6) is 11.5 Å². The molecule has 18 heavy (non-hydrogen) atoms. The molecular formula is C15H21NO2. The quantitative estimate of drug-likeness (QED) is 0.891. The molecule has 3 nitrogen and oxygen atoms in total. The fourth-order valence-electron chi connectivity index (χ4n) is 3.58. The molecule has 3 heteroatoms. The third-order valence-electron chi connectivity index (χ3n) is 4.35. The van der Waals surface area contributed by atoms with Gasteiger partial charge in [-0.2, -0.15) is 0 Å². The Morgan fingerprint density at radius 2 is 1.56 bits per heavy atom. The first-order chi connectivity index (χ1) is 8.81. The molecule has 1 N–H and O–H groups in total. The van der Waals surface area contributed by atoms with Gasteiger partial charge in [0.25, 0.3) is 0 Å². The zero-order valence-electron chi connectivity index (χ0n) is 11.1. The van der Waals surface area contributed by atoms with Gasteiger partial charge in [-0.15, -0.1) is 0 Å². The minimum absolute atomic E-state index is 0.565. The maximum Gasteiger partial charge on any atom is 0.126 e. The average Bonchev–Trinajstić information content (AvgIpc) is 2.76. The van der Waals surface area contributed by atoms with Crippen molar-refractivity contribution >= 4 is 0 Å². The van der Waals surface area contributed by atoms with E-state index in [2.05, 4.69) is 5.32 Å². The first-order valence-electron chi connectivity index (χ1n) is 6.78. The van der Waals surface area contributed by atoms with Crippen molar-refractivity contribution in [3.8, 4) is 11.5 Å². The van der Waals surface area contributed by atoms with Crippen molar-refractivity contribution in [3.63, 3.8) is 0 Å². The summed E-state index contributed by atoms with van der Waals surface area (Å²) < 4.78 is 11.1. The molecule has 2 saturated heterocycles. The van der Waals surface area contributed by atoms with Crippen LogP contribution in [0.4, 0.5) is 0 Å². The SMILES string of the molecule is COc1cccc(OC)c1C1CC2CCC(C1)N2. The molecule has 0 radical (unpaired) electrons. The molecule has 2 heterocycles. The molecule has 2 atom stereocenters. The van der Waals surface area contributed by atoms with E-state index in [0.29, 0.717) is 18.0 Å². The second kappa shape index (κ2) is 4.81. The van der Waals surface area contributed by atoms with Crippen molar-refractivity contribution in [2.24, 2.45) is 0 Å². The van der Waals surface area contributed by atoms with Crippen molar-refractivity contribution in [2.45, 2.75) is 43.7 Å². The number of hydrogen-bond acceptors (Lipinski definition) is 3. The molecule has 0 spiro atoms. The second-order valence-corrected chi connectivity index (χ2v) is 5.38. The van der Waals surface area contributed by atoms with Gasteiger partial charge in [0.15, 0.2) is 0 Å². The summed E-state index contributed by atoms with van der Waals surface area (Å²) in [5.74, 6) is 2.51. The highest BCUT2D eigenvalue weighted by molar-refractivity contribution is 5.47. The van der Waals surface area contributed by atoms with Crippen LogP contribution in [0.1, 0.15) is 37.2 Å². The van der Waals surface area contributed by atoms with Crippen LogP contribution in [0.2, 0.25) is 0 Å². The topological polar surface area (TPSA) is 30.5 Å². The zero-order valence-corrected chi connectivity index (χ0v) is 11.1.